The Balaban J connectivity index is 1.51. The summed E-state index contributed by atoms with van der Waals surface area (Å²) in [5.74, 6) is 0.0863. The molecule has 152 valence electrons. The molecule has 0 fully saturated rings. The summed E-state index contributed by atoms with van der Waals surface area (Å²) in [6, 6.07) is 8.21. The van der Waals surface area contributed by atoms with Gasteiger partial charge in [0.15, 0.2) is 10.2 Å². The van der Waals surface area contributed by atoms with Gasteiger partial charge in [0.25, 0.3) is 11.5 Å². The Hall–Kier alpha value is -2.95. The van der Waals surface area contributed by atoms with Gasteiger partial charge in [0.2, 0.25) is 0 Å². The number of aromatic amines is 1. The van der Waals surface area contributed by atoms with Crippen molar-refractivity contribution in [3.05, 3.63) is 74.2 Å². The molecule has 4 rings (SSSR count). The number of aromatic nitrogens is 5. The van der Waals surface area contributed by atoms with Gasteiger partial charge in [-0.2, -0.15) is 10.2 Å². The summed E-state index contributed by atoms with van der Waals surface area (Å²) >= 11 is 9.43. The van der Waals surface area contributed by atoms with E-state index in [0.717, 1.165) is 14.9 Å². The Kier molecular flexibility index (Phi) is 5.71. The lowest BCUT2D eigenvalue weighted by Gasteiger charge is -2.08. The van der Waals surface area contributed by atoms with Crippen LogP contribution in [0.5, 0.6) is 0 Å². The summed E-state index contributed by atoms with van der Waals surface area (Å²) in [6.45, 7) is 3.69. The van der Waals surface area contributed by atoms with E-state index in [2.05, 4.69) is 25.6 Å². The molecule has 11 heteroatoms. The van der Waals surface area contributed by atoms with E-state index >= 15 is 0 Å². The predicted molar refractivity (Wildman–Crippen MR) is 117 cm³/mol. The lowest BCUT2D eigenvalue weighted by molar-refractivity contribution is 0.102. The topological polar surface area (TPSA) is 106 Å². The van der Waals surface area contributed by atoms with Gasteiger partial charge >= 0.3 is 0 Å². The summed E-state index contributed by atoms with van der Waals surface area (Å²) in [5.41, 5.74) is 2.19. The number of aryl methyl sites for hydroxylation is 1. The van der Waals surface area contributed by atoms with Crippen LogP contribution in [0.3, 0.4) is 0 Å². The Morgan fingerprint density at radius 3 is 2.77 bits per heavy atom. The Morgan fingerprint density at radius 2 is 2.10 bits per heavy atom. The van der Waals surface area contributed by atoms with Gasteiger partial charge in [-0.1, -0.05) is 23.4 Å². The zero-order chi connectivity index (χ0) is 21.3. The van der Waals surface area contributed by atoms with Crippen molar-refractivity contribution in [3.63, 3.8) is 0 Å². The lowest BCUT2D eigenvalue weighted by atomic mass is 10.2. The fourth-order valence-corrected chi connectivity index (χ4v) is 4.75. The normalized spacial score (nSPS) is 10.9. The smallest absolute Gasteiger partial charge is 0.264 e. The van der Waals surface area contributed by atoms with Crippen molar-refractivity contribution in [2.24, 2.45) is 0 Å². The highest BCUT2D eigenvalue weighted by Gasteiger charge is 2.17. The molecule has 8 nitrogen and oxygen atoms in total. The van der Waals surface area contributed by atoms with Crippen molar-refractivity contribution >= 4 is 46.3 Å². The van der Waals surface area contributed by atoms with Crippen LogP contribution < -0.4 is 10.9 Å². The number of amides is 1. The highest BCUT2D eigenvalue weighted by Crippen LogP contribution is 2.36. The van der Waals surface area contributed by atoms with Gasteiger partial charge in [-0.15, -0.1) is 11.3 Å². The standard InChI is InChI=1S/C19H15ClN6O2S2/c1-10-9-29-19(22-10)30-15-4-3-12(7-14(15)20)23-18(28)13-8-21-26(11(13)2)16-5-6-17(27)25-24-16/h3-9H,1-2H3,(H,23,28)(H,25,27). The van der Waals surface area contributed by atoms with E-state index in [0.29, 0.717) is 27.8 Å². The Morgan fingerprint density at radius 1 is 1.27 bits per heavy atom. The fourth-order valence-electron chi connectivity index (χ4n) is 2.65. The first-order valence-electron chi connectivity index (χ1n) is 8.72. The highest BCUT2D eigenvalue weighted by atomic mass is 35.5. The van der Waals surface area contributed by atoms with E-state index < -0.39 is 0 Å². The number of hydrogen-bond acceptors (Lipinski definition) is 7. The van der Waals surface area contributed by atoms with Gasteiger partial charge < -0.3 is 5.32 Å². The molecular weight excluding hydrogens is 444 g/mol. The second kappa shape index (κ2) is 8.42. The van der Waals surface area contributed by atoms with Crippen LogP contribution in [0.1, 0.15) is 21.7 Å². The molecule has 0 saturated heterocycles. The molecule has 3 heterocycles. The second-order valence-electron chi connectivity index (χ2n) is 6.29. The SMILES string of the molecule is Cc1csc(Sc2ccc(NC(=O)c3cnn(-c4ccc(=O)[nH]n4)c3C)cc2Cl)n1. The minimum Gasteiger partial charge on any atom is -0.322 e. The van der Waals surface area contributed by atoms with Crippen molar-refractivity contribution in [1.82, 2.24) is 25.0 Å². The van der Waals surface area contributed by atoms with Gasteiger partial charge in [-0.3, -0.25) is 9.59 Å². The van der Waals surface area contributed by atoms with Crippen LogP contribution >= 0.6 is 34.7 Å². The second-order valence-corrected chi connectivity index (χ2v) is 8.85. The van der Waals surface area contributed by atoms with Crippen molar-refractivity contribution < 1.29 is 4.79 Å². The molecule has 2 N–H and O–H groups in total. The maximum absolute atomic E-state index is 12.7. The van der Waals surface area contributed by atoms with Crippen LogP contribution in [0.25, 0.3) is 5.82 Å². The molecular formula is C19H15ClN6O2S2. The number of thiazole rings is 1. The third-order valence-corrected chi connectivity index (χ3v) is 6.68. The largest absolute Gasteiger partial charge is 0.322 e. The summed E-state index contributed by atoms with van der Waals surface area (Å²) in [4.78, 5) is 29.2. The Bertz CT molecular complexity index is 1280. The van der Waals surface area contributed by atoms with E-state index in [9.17, 15) is 9.59 Å². The number of carbonyl (C=O) groups excluding carboxylic acids is 1. The molecule has 30 heavy (non-hydrogen) atoms. The molecule has 0 atom stereocenters. The van der Waals surface area contributed by atoms with Crippen LogP contribution in [0.2, 0.25) is 5.02 Å². The maximum atomic E-state index is 12.7. The summed E-state index contributed by atoms with van der Waals surface area (Å²) in [7, 11) is 0. The summed E-state index contributed by atoms with van der Waals surface area (Å²) in [5, 5.41) is 15.8. The first kappa shape index (κ1) is 20.3. The number of rotatable bonds is 5. The van der Waals surface area contributed by atoms with E-state index in [1.165, 1.54) is 34.8 Å². The van der Waals surface area contributed by atoms with Crippen LogP contribution in [-0.4, -0.2) is 30.9 Å². The van der Waals surface area contributed by atoms with E-state index in [1.54, 1.807) is 30.4 Å². The average Bonchev–Trinajstić information content (AvgIpc) is 3.30. The van der Waals surface area contributed by atoms with E-state index in [-0.39, 0.29) is 11.5 Å². The van der Waals surface area contributed by atoms with Crippen molar-refractivity contribution in [3.8, 4) is 5.82 Å². The van der Waals surface area contributed by atoms with Crippen molar-refractivity contribution in [1.29, 1.82) is 0 Å². The maximum Gasteiger partial charge on any atom is 0.264 e. The molecule has 0 aliphatic carbocycles. The molecule has 0 saturated carbocycles. The molecule has 0 bridgehead atoms. The highest BCUT2D eigenvalue weighted by molar-refractivity contribution is 8.01. The number of halogens is 1. The number of benzene rings is 1. The first-order chi connectivity index (χ1) is 14.4. The third-order valence-electron chi connectivity index (χ3n) is 4.12. The zero-order valence-electron chi connectivity index (χ0n) is 15.8. The average molecular weight is 459 g/mol. The fraction of sp³-hybridized carbons (Fsp3) is 0.105. The number of carbonyl (C=O) groups is 1. The van der Waals surface area contributed by atoms with Gasteiger partial charge in [-0.25, -0.2) is 14.8 Å². The Labute approximate surface area is 184 Å². The number of nitrogens with zero attached hydrogens (tertiary/aromatic N) is 4. The van der Waals surface area contributed by atoms with Gasteiger partial charge in [0, 0.05) is 27.7 Å². The number of hydrogen-bond donors (Lipinski definition) is 2. The van der Waals surface area contributed by atoms with Crippen LogP contribution in [0, 0.1) is 13.8 Å². The van der Waals surface area contributed by atoms with Gasteiger partial charge in [0.1, 0.15) is 0 Å². The third kappa shape index (κ3) is 4.30. The van der Waals surface area contributed by atoms with Crippen LogP contribution in [0.15, 0.2) is 55.9 Å². The predicted octanol–water partition coefficient (Wildman–Crippen LogP) is 4.09. The molecule has 1 amide bonds. The molecule has 0 radical (unpaired) electrons. The first-order valence-corrected chi connectivity index (χ1v) is 10.8. The molecule has 0 aliphatic rings. The summed E-state index contributed by atoms with van der Waals surface area (Å²) in [6.07, 6.45) is 1.45. The monoisotopic (exact) mass is 458 g/mol. The van der Waals surface area contributed by atoms with E-state index in [4.69, 9.17) is 11.6 Å². The minimum atomic E-state index is -0.324. The van der Waals surface area contributed by atoms with E-state index in [1.807, 2.05) is 18.4 Å². The quantitative estimate of drug-likeness (QED) is 0.466. The van der Waals surface area contributed by atoms with Crippen LogP contribution in [-0.2, 0) is 0 Å². The summed E-state index contributed by atoms with van der Waals surface area (Å²) < 4.78 is 2.39. The van der Waals surface area contributed by atoms with Crippen LogP contribution in [0.4, 0.5) is 5.69 Å². The molecule has 3 aromatic heterocycles. The number of nitrogens with one attached hydrogen (secondary N) is 2. The van der Waals surface area contributed by atoms with Gasteiger partial charge in [-0.05, 0) is 38.1 Å². The lowest BCUT2D eigenvalue weighted by Crippen LogP contribution is -2.14. The zero-order valence-corrected chi connectivity index (χ0v) is 18.2. The number of H-pyrrole nitrogens is 1. The molecule has 1 aromatic carbocycles. The van der Waals surface area contributed by atoms with Crippen molar-refractivity contribution in [2.45, 2.75) is 23.1 Å². The molecule has 4 aromatic rings. The molecule has 0 spiro atoms. The molecule has 0 unspecified atom stereocenters. The van der Waals surface area contributed by atoms with Gasteiger partial charge in [0.05, 0.1) is 22.5 Å². The van der Waals surface area contributed by atoms with Crippen molar-refractivity contribution in [2.75, 3.05) is 5.32 Å². The minimum absolute atomic E-state index is 0.315. The molecule has 0 aliphatic heterocycles. The number of anilines is 1.